The number of cyclic esters (lactones) is 2. The monoisotopic (exact) mass is 345 g/mol. The van der Waals surface area contributed by atoms with E-state index in [0.29, 0.717) is 24.9 Å². The van der Waals surface area contributed by atoms with E-state index in [1.165, 1.54) is 5.57 Å². The van der Waals surface area contributed by atoms with Gasteiger partial charge in [-0.05, 0) is 49.9 Å². The van der Waals surface area contributed by atoms with E-state index in [-0.39, 0.29) is 17.2 Å². The summed E-state index contributed by atoms with van der Waals surface area (Å²) in [4.78, 5) is 39.7. The zero-order valence-corrected chi connectivity index (χ0v) is 15.5. The topological polar surface area (TPSA) is 63.7 Å². The van der Waals surface area contributed by atoms with Gasteiger partial charge >= 0.3 is 11.9 Å². The van der Waals surface area contributed by atoms with Crippen molar-refractivity contribution in [2.75, 3.05) is 13.1 Å². The molecule has 4 fully saturated rings. The van der Waals surface area contributed by atoms with Crippen LogP contribution in [0.15, 0.2) is 11.6 Å². The molecule has 4 aliphatic carbocycles. The average Bonchev–Trinajstić information content (AvgIpc) is 2.89. The van der Waals surface area contributed by atoms with E-state index in [2.05, 4.69) is 13.8 Å². The molecule has 136 valence electrons. The van der Waals surface area contributed by atoms with E-state index in [1.807, 2.05) is 19.9 Å². The normalized spacial score (nSPS) is 40.4. The van der Waals surface area contributed by atoms with E-state index < -0.39 is 29.7 Å². The molecule has 0 unspecified atom stereocenters. The van der Waals surface area contributed by atoms with Crippen LogP contribution in [0.3, 0.4) is 0 Å². The number of esters is 2. The third-order valence-electron chi connectivity index (χ3n) is 7.52. The fourth-order valence-corrected chi connectivity index (χ4v) is 5.87. The molecule has 1 amide bonds. The van der Waals surface area contributed by atoms with Gasteiger partial charge in [0.25, 0.3) is 0 Å². The molecular weight excluding hydrogens is 318 g/mol. The molecule has 2 bridgehead atoms. The highest BCUT2D eigenvalue weighted by molar-refractivity contribution is 6.00. The van der Waals surface area contributed by atoms with Gasteiger partial charge in [-0.1, -0.05) is 25.5 Å². The van der Waals surface area contributed by atoms with Crippen molar-refractivity contribution in [3.05, 3.63) is 11.6 Å². The molecular formula is C20H27NO4. The lowest BCUT2D eigenvalue weighted by Gasteiger charge is -2.62. The van der Waals surface area contributed by atoms with E-state index in [1.54, 1.807) is 4.90 Å². The van der Waals surface area contributed by atoms with Crippen LogP contribution in [0.2, 0.25) is 0 Å². The maximum Gasteiger partial charge on any atom is 0.318 e. The van der Waals surface area contributed by atoms with Crippen molar-refractivity contribution in [1.82, 2.24) is 4.90 Å². The Morgan fingerprint density at radius 2 is 1.80 bits per heavy atom. The van der Waals surface area contributed by atoms with E-state index in [9.17, 15) is 14.4 Å². The molecule has 1 saturated heterocycles. The summed E-state index contributed by atoms with van der Waals surface area (Å²) in [5, 5.41) is 0. The van der Waals surface area contributed by atoms with Gasteiger partial charge < -0.3 is 9.64 Å². The number of allylic oxidation sites excluding steroid dienone is 1. The summed E-state index contributed by atoms with van der Waals surface area (Å²) in [5.41, 5.74) is 1.47. The lowest BCUT2D eigenvalue weighted by molar-refractivity contribution is -0.155. The van der Waals surface area contributed by atoms with Crippen LogP contribution in [0, 0.1) is 40.9 Å². The Morgan fingerprint density at radius 3 is 2.40 bits per heavy atom. The van der Waals surface area contributed by atoms with Crippen molar-refractivity contribution < 1.29 is 19.1 Å². The number of ether oxygens (including phenoxy) is 1. The fourth-order valence-electron chi connectivity index (χ4n) is 5.87. The van der Waals surface area contributed by atoms with Gasteiger partial charge in [0.15, 0.2) is 0 Å². The fraction of sp³-hybridized carbons (Fsp3) is 0.750. The van der Waals surface area contributed by atoms with Gasteiger partial charge in [0.1, 0.15) is 0 Å². The second-order valence-electron chi connectivity index (χ2n) is 8.64. The summed E-state index contributed by atoms with van der Waals surface area (Å²) in [6.07, 6.45) is 4.13. The van der Waals surface area contributed by atoms with Gasteiger partial charge in [0, 0.05) is 13.1 Å². The van der Waals surface area contributed by atoms with Crippen LogP contribution in [-0.2, 0) is 19.1 Å². The first kappa shape index (κ1) is 16.8. The summed E-state index contributed by atoms with van der Waals surface area (Å²) in [6.45, 7) is 9.67. The molecule has 0 spiro atoms. The largest absolute Gasteiger partial charge is 0.393 e. The van der Waals surface area contributed by atoms with E-state index >= 15 is 0 Å². The Kier molecular flexibility index (Phi) is 3.64. The molecule has 3 saturated carbocycles. The molecule has 1 aliphatic heterocycles. The summed E-state index contributed by atoms with van der Waals surface area (Å²) < 4.78 is 5.00. The summed E-state index contributed by atoms with van der Waals surface area (Å²) >= 11 is 0. The molecule has 5 aliphatic rings. The first-order valence-electron chi connectivity index (χ1n) is 9.57. The molecule has 5 rings (SSSR count). The molecule has 25 heavy (non-hydrogen) atoms. The Bertz CT molecular complexity index is 675. The Balaban J connectivity index is 1.77. The number of rotatable bonds is 3. The van der Waals surface area contributed by atoms with Gasteiger partial charge in [0.2, 0.25) is 5.91 Å². The molecule has 0 aromatic carbocycles. The van der Waals surface area contributed by atoms with Crippen molar-refractivity contribution in [2.24, 2.45) is 40.9 Å². The Hall–Kier alpha value is -1.65. The molecule has 5 nitrogen and oxygen atoms in total. The van der Waals surface area contributed by atoms with Gasteiger partial charge in [0.05, 0.1) is 17.8 Å². The molecule has 0 aromatic heterocycles. The highest BCUT2D eigenvalue weighted by Crippen LogP contribution is 2.66. The van der Waals surface area contributed by atoms with Crippen LogP contribution in [0.5, 0.6) is 0 Å². The SMILES string of the molecule is CCN(CC)C(=O)[C@@H]1C=C2[C@H]3C[C@H](C[C@@H]2[C@@H]2C(=O)OC(=O)[C@@H]21)C3(C)C. The molecule has 0 aromatic rings. The molecule has 0 N–H and O–H groups in total. The van der Waals surface area contributed by atoms with Gasteiger partial charge in [-0.2, -0.15) is 0 Å². The van der Waals surface area contributed by atoms with Gasteiger partial charge in [-0.15, -0.1) is 0 Å². The predicted octanol–water partition coefficient (Wildman–Crippen LogP) is 2.41. The van der Waals surface area contributed by atoms with Crippen molar-refractivity contribution in [1.29, 1.82) is 0 Å². The van der Waals surface area contributed by atoms with Gasteiger partial charge in [-0.3, -0.25) is 14.4 Å². The van der Waals surface area contributed by atoms with Crippen LogP contribution < -0.4 is 0 Å². The first-order valence-corrected chi connectivity index (χ1v) is 9.57. The highest BCUT2D eigenvalue weighted by Gasteiger charge is 2.64. The zero-order chi connectivity index (χ0) is 18.1. The second kappa shape index (κ2) is 5.42. The number of carbonyl (C=O) groups excluding carboxylic acids is 3. The minimum atomic E-state index is -0.630. The lowest BCUT2D eigenvalue weighted by Crippen LogP contribution is -2.56. The second-order valence-corrected chi connectivity index (χ2v) is 8.64. The molecule has 1 heterocycles. The minimum Gasteiger partial charge on any atom is -0.393 e. The quantitative estimate of drug-likeness (QED) is 0.448. The predicted molar refractivity (Wildman–Crippen MR) is 91.1 cm³/mol. The van der Waals surface area contributed by atoms with Crippen LogP contribution in [-0.4, -0.2) is 35.8 Å². The van der Waals surface area contributed by atoms with Crippen LogP contribution in [0.1, 0.15) is 40.5 Å². The molecule has 5 heteroatoms. The number of fused-ring (bicyclic) bond motifs is 1. The van der Waals surface area contributed by atoms with Crippen molar-refractivity contribution in [3.8, 4) is 0 Å². The number of hydrogen-bond donors (Lipinski definition) is 0. The average molecular weight is 345 g/mol. The molecule has 6 atom stereocenters. The zero-order valence-electron chi connectivity index (χ0n) is 15.5. The van der Waals surface area contributed by atoms with Crippen molar-refractivity contribution in [2.45, 2.75) is 40.5 Å². The number of hydrogen-bond acceptors (Lipinski definition) is 4. The van der Waals surface area contributed by atoms with E-state index in [4.69, 9.17) is 4.74 Å². The van der Waals surface area contributed by atoms with E-state index in [0.717, 1.165) is 12.8 Å². The number of nitrogens with zero attached hydrogens (tertiary/aromatic N) is 1. The third kappa shape index (κ3) is 2.10. The van der Waals surface area contributed by atoms with Crippen molar-refractivity contribution in [3.63, 3.8) is 0 Å². The minimum absolute atomic E-state index is 0.0446. The third-order valence-corrected chi connectivity index (χ3v) is 7.52. The first-order chi connectivity index (χ1) is 11.8. The standard InChI is InChI=1S/C20H27NO4/c1-5-21(6-2)17(22)13-9-11-12(7-10-8-14(11)20(10,3)4)15-16(13)19(24)25-18(15)23/h9-10,12-16H,5-8H2,1-4H3/t10-,12-,13+,14+,15-,16+/m0/s1. The maximum absolute atomic E-state index is 13.1. The summed E-state index contributed by atoms with van der Waals surface area (Å²) in [6, 6.07) is 0. The highest BCUT2D eigenvalue weighted by atomic mass is 16.6. The summed E-state index contributed by atoms with van der Waals surface area (Å²) in [7, 11) is 0. The van der Waals surface area contributed by atoms with Gasteiger partial charge in [-0.25, -0.2) is 0 Å². The molecule has 0 radical (unpaired) electrons. The lowest BCUT2D eigenvalue weighted by atomic mass is 9.42. The Morgan fingerprint density at radius 1 is 1.16 bits per heavy atom. The van der Waals surface area contributed by atoms with Crippen LogP contribution in [0.25, 0.3) is 0 Å². The number of amides is 1. The maximum atomic E-state index is 13.1. The summed E-state index contributed by atoms with van der Waals surface area (Å²) in [5.74, 6) is -1.50. The Labute approximate surface area is 148 Å². The van der Waals surface area contributed by atoms with Crippen LogP contribution in [0.4, 0.5) is 0 Å². The van der Waals surface area contributed by atoms with Crippen LogP contribution >= 0.6 is 0 Å². The van der Waals surface area contributed by atoms with Crippen molar-refractivity contribution >= 4 is 17.8 Å². The number of carbonyl (C=O) groups is 3. The smallest absolute Gasteiger partial charge is 0.318 e.